The average Bonchev–Trinajstić information content (AvgIpc) is 2.55. The Hall–Kier alpha value is -3.18. The zero-order chi connectivity index (χ0) is 17.9. The van der Waals surface area contributed by atoms with Crippen LogP contribution in [0.5, 0.6) is 0 Å². The molecule has 0 aliphatic heterocycles. The number of non-ortho nitro benzene ring substituents is 1. The molecule has 0 aliphatic rings. The van der Waals surface area contributed by atoms with E-state index >= 15 is 0 Å². The Morgan fingerprint density at radius 1 is 1.17 bits per heavy atom. The van der Waals surface area contributed by atoms with Crippen LogP contribution in [0.4, 0.5) is 17.1 Å². The van der Waals surface area contributed by atoms with Crippen molar-refractivity contribution in [2.24, 2.45) is 0 Å². The Labute approximate surface area is 141 Å². The molecule has 0 bridgehead atoms. The normalized spacial score (nSPS) is 10.0. The molecule has 0 atom stereocenters. The molecule has 0 aliphatic carbocycles. The first-order valence-corrected chi connectivity index (χ1v) is 7.03. The molecule has 8 nitrogen and oxygen atoms in total. The van der Waals surface area contributed by atoms with Gasteiger partial charge in [0.25, 0.3) is 11.4 Å². The fourth-order valence-corrected chi connectivity index (χ4v) is 2.38. The van der Waals surface area contributed by atoms with Crippen LogP contribution in [-0.2, 0) is 6.54 Å². The first kappa shape index (κ1) is 17.2. The number of nitriles is 1. The van der Waals surface area contributed by atoms with Gasteiger partial charge in [0.1, 0.15) is 5.69 Å². The van der Waals surface area contributed by atoms with Crippen molar-refractivity contribution in [3.05, 3.63) is 72.8 Å². The molecule has 2 aromatic rings. The first-order valence-electron chi connectivity index (χ1n) is 6.66. The van der Waals surface area contributed by atoms with E-state index in [0.29, 0.717) is 10.6 Å². The van der Waals surface area contributed by atoms with Crippen molar-refractivity contribution in [3.8, 4) is 6.07 Å². The molecule has 0 spiro atoms. The molecule has 9 heteroatoms. The van der Waals surface area contributed by atoms with Crippen molar-refractivity contribution in [3.63, 3.8) is 0 Å². The Balaban J connectivity index is 2.39. The Kier molecular flexibility index (Phi) is 4.96. The molecule has 24 heavy (non-hydrogen) atoms. The van der Waals surface area contributed by atoms with E-state index in [0.717, 1.165) is 0 Å². The molecule has 0 fully saturated rings. The lowest BCUT2D eigenvalue weighted by Crippen LogP contribution is -2.18. The van der Waals surface area contributed by atoms with Gasteiger partial charge >= 0.3 is 0 Å². The van der Waals surface area contributed by atoms with Crippen molar-refractivity contribution in [2.75, 3.05) is 11.9 Å². The van der Waals surface area contributed by atoms with Crippen LogP contribution in [0, 0.1) is 31.6 Å². The molecule has 2 rings (SSSR count). The number of nitro benzene ring substituents is 2. The van der Waals surface area contributed by atoms with Crippen LogP contribution in [0.25, 0.3) is 0 Å². The van der Waals surface area contributed by atoms with Crippen LogP contribution >= 0.6 is 11.6 Å². The maximum absolute atomic E-state index is 11.2. The highest BCUT2D eigenvalue weighted by Crippen LogP contribution is 2.31. The predicted octanol–water partition coefficient (Wildman–Crippen LogP) is 3.66. The van der Waals surface area contributed by atoms with Crippen LogP contribution in [0.3, 0.4) is 0 Å². The van der Waals surface area contributed by atoms with E-state index in [-0.39, 0.29) is 29.2 Å². The standard InChI is InChI=1S/C15H11ClN4O4/c1-18(9-11-7-12(19(21)22)3-4-13(11)16)14-5-2-10(8-17)6-15(14)20(23)24/h2-7H,9H2,1H3. The van der Waals surface area contributed by atoms with Gasteiger partial charge in [0.05, 0.1) is 21.5 Å². The second-order valence-electron chi connectivity index (χ2n) is 4.96. The second-order valence-corrected chi connectivity index (χ2v) is 5.37. The number of anilines is 1. The van der Waals surface area contributed by atoms with Crippen molar-refractivity contribution in [1.82, 2.24) is 0 Å². The number of rotatable bonds is 5. The van der Waals surface area contributed by atoms with E-state index in [4.69, 9.17) is 16.9 Å². The third-order valence-electron chi connectivity index (χ3n) is 3.36. The minimum Gasteiger partial charge on any atom is -0.365 e. The summed E-state index contributed by atoms with van der Waals surface area (Å²) in [6.07, 6.45) is 0. The highest BCUT2D eigenvalue weighted by molar-refractivity contribution is 6.31. The summed E-state index contributed by atoms with van der Waals surface area (Å²) in [4.78, 5) is 22.5. The van der Waals surface area contributed by atoms with E-state index in [1.807, 2.05) is 6.07 Å². The Morgan fingerprint density at radius 3 is 2.46 bits per heavy atom. The summed E-state index contributed by atoms with van der Waals surface area (Å²) in [5, 5.41) is 31.3. The van der Waals surface area contributed by atoms with Gasteiger partial charge in [-0.2, -0.15) is 5.26 Å². The van der Waals surface area contributed by atoms with Gasteiger partial charge in [-0.15, -0.1) is 0 Å². The number of nitrogens with zero attached hydrogens (tertiary/aromatic N) is 4. The molecular formula is C15H11ClN4O4. The van der Waals surface area contributed by atoms with Gasteiger partial charge in [-0.3, -0.25) is 20.2 Å². The smallest absolute Gasteiger partial charge is 0.293 e. The van der Waals surface area contributed by atoms with Crippen LogP contribution in [0.1, 0.15) is 11.1 Å². The Bertz CT molecular complexity index is 863. The number of halogens is 1. The molecule has 0 amide bonds. The zero-order valence-electron chi connectivity index (χ0n) is 12.5. The lowest BCUT2D eigenvalue weighted by atomic mass is 10.1. The topological polar surface area (TPSA) is 113 Å². The van der Waals surface area contributed by atoms with Gasteiger partial charge in [-0.1, -0.05) is 11.6 Å². The van der Waals surface area contributed by atoms with Crippen molar-refractivity contribution >= 4 is 28.7 Å². The minimum absolute atomic E-state index is 0.114. The predicted molar refractivity (Wildman–Crippen MR) is 88.0 cm³/mol. The van der Waals surface area contributed by atoms with Crippen LogP contribution in [0.15, 0.2) is 36.4 Å². The largest absolute Gasteiger partial charge is 0.365 e. The highest BCUT2D eigenvalue weighted by Gasteiger charge is 2.19. The van der Waals surface area contributed by atoms with Crippen molar-refractivity contribution < 1.29 is 9.85 Å². The van der Waals surface area contributed by atoms with E-state index < -0.39 is 9.85 Å². The van der Waals surface area contributed by atoms with E-state index in [1.165, 1.54) is 36.4 Å². The van der Waals surface area contributed by atoms with Gasteiger partial charge in [0.15, 0.2) is 0 Å². The van der Waals surface area contributed by atoms with Crippen LogP contribution in [-0.4, -0.2) is 16.9 Å². The molecule has 0 unspecified atom stereocenters. The fraction of sp³-hybridized carbons (Fsp3) is 0.133. The lowest BCUT2D eigenvalue weighted by Gasteiger charge is -2.20. The molecule has 0 saturated carbocycles. The number of hydrogen-bond acceptors (Lipinski definition) is 6. The zero-order valence-corrected chi connectivity index (χ0v) is 13.2. The average molecular weight is 347 g/mol. The quantitative estimate of drug-likeness (QED) is 0.602. The van der Waals surface area contributed by atoms with Gasteiger partial charge < -0.3 is 4.90 Å². The van der Waals surface area contributed by atoms with E-state index in [9.17, 15) is 20.2 Å². The number of benzene rings is 2. The molecule has 122 valence electrons. The van der Waals surface area contributed by atoms with Crippen molar-refractivity contribution in [1.29, 1.82) is 5.26 Å². The van der Waals surface area contributed by atoms with E-state index in [2.05, 4.69) is 0 Å². The maximum Gasteiger partial charge on any atom is 0.293 e. The van der Waals surface area contributed by atoms with Gasteiger partial charge in [0, 0.05) is 36.8 Å². The summed E-state index contributed by atoms with van der Waals surface area (Å²) in [6, 6.07) is 9.98. The second kappa shape index (κ2) is 6.93. The van der Waals surface area contributed by atoms with Crippen LogP contribution < -0.4 is 4.90 Å². The van der Waals surface area contributed by atoms with Crippen LogP contribution in [0.2, 0.25) is 5.02 Å². The molecule has 0 aromatic heterocycles. The SMILES string of the molecule is CN(Cc1cc([N+](=O)[O-])ccc1Cl)c1ccc(C#N)cc1[N+](=O)[O-]. The van der Waals surface area contributed by atoms with Crippen molar-refractivity contribution in [2.45, 2.75) is 6.54 Å². The van der Waals surface area contributed by atoms with Gasteiger partial charge in [-0.05, 0) is 23.8 Å². The molecule has 2 aromatic carbocycles. The summed E-state index contributed by atoms with van der Waals surface area (Å²) >= 11 is 6.06. The molecule has 0 heterocycles. The first-order chi connectivity index (χ1) is 11.3. The summed E-state index contributed by atoms with van der Waals surface area (Å²) in [5.74, 6) is 0. The summed E-state index contributed by atoms with van der Waals surface area (Å²) in [5.41, 5.74) is 0.580. The number of hydrogen-bond donors (Lipinski definition) is 0. The molecular weight excluding hydrogens is 336 g/mol. The third kappa shape index (κ3) is 3.59. The summed E-state index contributed by atoms with van der Waals surface area (Å²) in [7, 11) is 1.60. The number of nitro groups is 2. The minimum atomic E-state index is -0.582. The fourth-order valence-electron chi connectivity index (χ4n) is 2.20. The summed E-state index contributed by atoms with van der Waals surface area (Å²) < 4.78 is 0. The molecule has 0 radical (unpaired) electrons. The maximum atomic E-state index is 11.2. The third-order valence-corrected chi connectivity index (χ3v) is 3.73. The van der Waals surface area contributed by atoms with Gasteiger partial charge in [-0.25, -0.2) is 0 Å². The highest BCUT2D eigenvalue weighted by atomic mass is 35.5. The van der Waals surface area contributed by atoms with E-state index in [1.54, 1.807) is 11.9 Å². The van der Waals surface area contributed by atoms with Gasteiger partial charge in [0.2, 0.25) is 0 Å². The summed E-state index contributed by atoms with van der Waals surface area (Å²) in [6.45, 7) is 0.132. The monoisotopic (exact) mass is 346 g/mol. The Morgan fingerprint density at radius 2 is 1.88 bits per heavy atom. The lowest BCUT2D eigenvalue weighted by molar-refractivity contribution is -0.384. The molecule has 0 saturated heterocycles. The molecule has 0 N–H and O–H groups in total.